The summed E-state index contributed by atoms with van der Waals surface area (Å²) in [4.78, 5) is 9.95. The zero-order valence-corrected chi connectivity index (χ0v) is 22.3. The zero-order valence-electron chi connectivity index (χ0n) is 10.5. The van der Waals surface area contributed by atoms with E-state index in [-0.39, 0.29) is 145 Å². The Bertz CT molecular complexity index is 345. The molecule has 16 heavy (non-hydrogen) atoms. The summed E-state index contributed by atoms with van der Waals surface area (Å²) in [5.41, 5.74) is 0. The van der Waals surface area contributed by atoms with Crippen molar-refractivity contribution in [2.45, 2.75) is 0 Å². The van der Waals surface area contributed by atoms with E-state index in [4.69, 9.17) is 9.11 Å². The van der Waals surface area contributed by atoms with Crippen LogP contribution in [0.25, 0.3) is 0 Å². The van der Waals surface area contributed by atoms with Crippen molar-refractivity contribution in [3.63, 3.8) is 0 Å². The Balaban J connectivity index is -0.0000000403. The summed E-state index contributed by atoms with van der Waals surface area (Å²) in [6, 6.07) is 0. The molecule has 0 aromatic carbocycles. The molecule has 0 rings (SSSR count). The molecule has 0 aliphatic heterocycles. The molecule has 2 N–H and O–H groups in total. The molecule has 0 aliphatic carbocycles. The van der Waals surface area contributed by atoms with Crippen LogP contribution < -0.4 is 103 Å². The van der Waals surface area contributed by atoms with Gasteiger partial charge in [0.05, 0.1) is 0 Å². The first kappa shape index (κ1) is 31.8. The monoisotopic (exact) mass is 430 g/mol. The first-order valence-corrected chi connectivity index (χ1v) is 4.71. The molecule has 0 fully saturated rings. The minimum absolute atomic E-state index is 0. The maximum absolute atomic E-state index is 9.95. The van der Waals surface area contributed by atoms with Crippen molar-refractivity contribution in [2.75, 3.05) is 0 Å². The van der Waals surface area contributed by atoms with E-state index in [1.54, 1.807) is 0 Å². The summed E-state index contributed by atoms with van der Waals surface area (Å²) in [6.45, 7) is 0. The van der Waals surface area contributed by atoms with Crippen LogP contribution in [0.3, 0.4) is 0 Å². The number of hydrogen-bond acceptors (Lipinski definition) is 7. The fourth-order valence-corrected chi connectivity index (χ4v) is 0.641. The van der Waals surface area contributed by atoms with Gasteiger partial charge < -0.3 is 2.85 Å². The second-order valence-electron chi connectivity index (χ2n) is 1.27. The van der Waals surface area contributed by atoms with Crippen molar-refractivity contribution in [3.8, 4) is 0 Å². The van der Waals surface area contributed by atoms with Gasteiger partial charge in [0, 0.05) is 39.0 Å². The molecule has 0 radical (unpaired) electrons. The summed E-state index contributed by atoms with van der Waals surface area (Å²) in [6.07, 6.45) is -2.29. The van der Waals surface area contributed by atoms with E-state index in [2.05, 4.69) is 8.37 Å². The zero-order chi connectivity index (χ0) is 9.99. The van der Waals surface area contributed by atoms with Crippen molar-refractivity contribution in [2.24, 2.45) is 0 Å². The van der Waals surface area contributed by atoms with Crippen LogP contribution in [-0.2, 0) is 68.1 Å². The van der Waals surface area contributed by atoms with Crippen LogP contribution in [0.4, 0.5) is 4.79 Å². The standard InChI is InChI=1S/CH2O9S2.2K.2Zn.2H/c2-1(9-11(3,4)5)10-12(6,7)8;;;;;;/h(H,3,4,5)(H,6,7,8);;;;;;/q;2*+1;;;2*-1. The van der Waals surface area contributed by atoms with Crippen LogP contribution in [-0.4, -0.2) is 32.1 Å². The van der Waals surface area contributed by atoms with E-state index in [1.165, 1.54) is 0 Å². The fourth-order valence-electron chi connectivity index (χ4n) is 0.186. The van der Waals surface area contributed by atoms with Crippen molar-refractivity contribution in [1.29, 1.82) is 0 Å². The second-order valence-corrected chi connectivity index (χ2v) is 3.32. The minimum Gasteiger partial charge on any atom is -1.00 e. The molecular weight excluding hydrogens is 429 g/mol. The van der Waals surface area contributed by atoms with E-state index >= 15 is 0 Å². The van der Waals surface area contributed by atoms with E-state index in [0.717, 1.165) is 0 Å². The molecule has 0 saturated heterocycles. The van der Waals surface area contributed by atoms with Gasteiger partial charge in [-0.25, -0.2) is 4.79 Å². The van der Waals surface area contributed by atoms with E-state index in [9.17, 15) is 21.6 Å². The average molecular weight is 433 g/mol. The summed E-state index contributed by atoms with van der Waals surface area (Å²) in [5.74, 6) is 0. The van der Waals surface area contributed by atoms with Crippen LogP contribution in [0.1, 0.15) is 2.85 Å². The van der Waals surface area contributed by atoms with Gasteiger partial charge >= 0.3 is 130 Å². The maximum atomic E-state index is 9.95. The number of carbonyl (C=O) groups is 1. The predicted octanol–water partition coefficient (Wildman–Crippen LogP) is -7.03. The van der Waals surface area contributed by atoms with Crippen molar-refractivity contribution in [1.82, 2.24) is 0 Å². The molecule has 9 nitrogen and oxygen atoms in total. The SMILES string of the molecule is O=C(OS(=O)(=O)O)OS(=O)(=O)O.[H-].[H-].[K+].[K+].[Zn].[Zn]. The summed E-state index contributed by atoms with van der Waals surface area (Å²) < 4.78 is 60.1. The van der Waals surface area contributed by atoms with Gasteiger partial charge in [-0.05, 0) is 0 Å². The Morgan fingerprint density at radius 1 is 0.875 bits per heavy atom. The summed E-state index contributed by atoms with van der Waals surface area (Å²) in [7, 11) is -10.3. The minimum atomic E-state index is -5.15. The second kappa shape index (κ2) is 13.6. The Morgan fingerprint density at radius 3 is 1.19 bits per heavy atom. The summed E-state index contributed by atoms with van der Waals surface area (Å²) in [5, 5.41) is 0. The van der Waals surface area contributed by atoms with Crippen molar-refractivity contribution >= 4 is 27.0 Å². The molecular formula is CH4K2O9S2Zn2. The molecule has 0 atom stereocenters. The van der Waals surface area contributed by atoms with Gasteiger partial charge in [0.2, 0.25) is 0 Å². The predicted molar refractivity (Wildman–Crippen MR) is 32.9 cm³/mol. The topological polar surface area (TPSA) is 144 Å². The molecule has 0 spiro atoms. The molecule has 0 aromatic heterocycles. The van der Waals surface area contributed by atoms with Crippen LogP contribution in [0.15, 0.2) is 0 Å². The van der Waals surface area contributed by atoms with Crippen LogP contribution >= 0.6 is 0 Å². The smallest absolute Gasteiger partial charge is 1.00 e. The third-order valence-electron chi connectivity index (χ3n) is 0.347. The summed E-state index contributed by atoms with van der Waals surface area (Å²) >= 11 is 0. The molecule has 0 unspecified atom stereocenters. The van der Waals surface area contributed by atoms with Crippen molar-refractivity contribution < 1.29 is 184 Å². The van der Waals surface area contributed by atoms with E-state index in [1.807, 2.05) is 0 Å². The normalized spacial score (nSPS) is 9.12. The molecule has 0 bridgehead atoms. The first-order valence-electron chi connectivity index (χ1n) is 1.98. The van der Waals surface area contributed by atoms with Gasteiger partial charge in [-0.15, -0.1) is 0 Å². The third-order valence-corrected chi connectivity index (χ3v) is 1.04. The van der Waals surface area contributed by atoms with Gasteiger partial charge in [-0.2, -0.15) is 16.8 Å². The largest absolute Gasteiger partial charge is 1.00 e. The fraction of sp³-hybridized carbons (Fsp3) is 0. The van der Waals surface area contributed by atoms with Gasteiger partial charge in [0.15, 0.2) is 0 Å². The molecule has 15 heteroatoms. The number of hydrogen-bond donors (Lipinski definition) is 2. The molecule has 0 aromatic rings. The van der Waals surface area contributed by atoms with Crippen LogP contribution in [0.5, 0.6) is 0 Å². The Kier molecular flexibility index (Phi) is 27.0. The molecule has 0 aliphatic rings. The van der Waals surface area contributed by atoms with E-state index in [0.29, 0.717) is 0 Å². The maximum Gasteiger partial charge on any atom is 1.00 e. The third kappa shape index (κ3) is 26.2. The average Bonchev–Trinajstić information content (AvgIpc) is 1.49. The number of rotatable bonds is 2. The Labute approximate surface area is 205 Å². The molecule has 0 heterocycles. The van der Waals surface area contributed by atoms with Crippen LogP contribution in [0.2, 0.25) is 0 Å². The first-order chi connectivity index (χ1) is 5.10. The van der Waals surface area contributed by atoms with Gasteiger partial charge in [0.25, 0.3) is 0 Å². The number of carbonyl (C=O) groups excluding carboxylic acids is 1. The molecule has 0 amide bonds. The van der Waals surface area contributed by atoms with E-state index < -0.39 is 27.0 Å². The van der Waals surface area contributed by atoms with Gasteiger partial charge in [-0.3, -0.25) is 17.5 Å². The Hall–Kier alpha value is 3.61. The van der Waals surface area contributed by atoms with Gasteiger partial charge in [-0.1, -0.05) is 0 Å². The van der Waals surface area contributed by atoms with Crippen LogP contribution in [0, 0.1) is 0 Å². The Morgan fingerprint density at radius 2 is 1.06 bits per heavy atom. The molecule has 80 valence electrons. The molecule has 0 saturated carbocycles. The van der Waals surface area contributed by atoms with Crippen molar-refractivity contribution in [3.05, 3.63) is 0 Å². The quantitative estimate of drug-likeness (QED) is 0.321. The van der Waals surface area contributed by atoms with Gasteiger partial charge in [0.1, 0.15) is 0 Å².